The predicted octanol–water partition coefficient (Wildman–Crippen LogP) is 1.53. The summed E-state index contributed by atoms with van der Waals surface area (Å²) < 4.78 is 0. The van der Waals surface area contributed by atoms with Crippen LogP contribution in [0.25, 0.3) is 0 Å². The van der Waals surface area contributed by atoms with E-state index >= 15 is 0 Å². The van der Waals surface area contributed by atoms with E-state index in [4.69, 9.17) is 5.26 Å². The Morgan fingerprint density at radius 2 is 1.81 bits per heavy atom. The molecule has 0 unspecified atom stereocenters. The van der Waals surface area contributed by atoms with Crippen molar-refractivity contribution in [2.75, 3.05) is 39.3 Å². The topological polar surface area (TPSA) is 59.4 Å². The third kappa shape index (κ3) is 7.33. The molecular weight excluding hydrogens is 264 g/mol. The minimum Gasteiger partial charge on any atom is -0.388 e. The molecule has 0 aromatic rings. The van der Waals surface area contributed by atoms with Gasteiger partial charge in [0, 0.05) is 32.4 Å². The van der Waals surface area contributed by atoms with E-state index in [1.54, 1.807) is 12.2 Å². The lowest BCUT2D eigenvalue weighted by Gasteiger charge is -2.19. The number of carbonyl (C=O) groups is 1. The minimum absolute atomic E-state index is 0.0956. The quantitative estimate of drug-likeness (QED) is 0.271. The van der Waals surface area contributed by atoms with Crippen molar-refractivity contribution in [2.45, 2.75) is 13.8 Å². The number of hydrogen-bond acceptors (Lipinski definition) is 4. The Bertz CT molecular complexity index is 395. The van der Waals surface area contributed by atoms with Gasteiger partial charge >= 0.3 is 0 Å². The van der Waals surface area contributed by atoms with E-state index in [1.807, 2.05) is 6.07 Å². The number of nitrogens with one attached hydrogen (secondary N) is 1. The summed E-state index contributed by atoms with van der Waals surface area (Å²) in [4.78, 5) is 16.0. The summed E-state index contributed by atoms with van der Waals surface area (Å²) in [6.07, 6.45) is 4.75. The highest BCUT2D eigenvalue weighted by Gasteiger charge is 2.15. The highest BCUT2D eigenvalue weighted by Crippen LogP contribution is 2.01. The zero-order chi connectivity index (χ0) is 16.1. The third-order valence-corrected chi connectivity index (χ3v) is 3.05. The van der Waals surface area contributed by atoms with Gasteiger partial charge in [-0.2, -0.15) is 5.26 Å². The van der Waals surface area contributed by atoms with Crippen molar-refractivity contribution in [1.29, 1.82) is 5.26 Å². The molecular formula is C16H26N4O. The van der Waals surface area contributed by atoms with Crippen LogP contribution in [-0.4, -0.2) is 55.0 Å². The zero-order valence-electron chi connectivity index (χ0n) is 13.1. The van der Waals surface area contributed by atoms with Crippen LogP contribution in [0.2, 0.25) is 0 Å². The Labute approximate surface area is 128 Å². The van der Waals surface area contributed by atoms with E-state index in [1.165, 1.54) is 11.1 Å². The summed E-state index contributed by atoms with van der Waals surface area (Å²) in [5.74, 6) is -0.312. The molecule has 0 aromatic carbocycles. The van der Waals surface area contributed by atoms with Gasteiger partial charge in [-0.05, 0) is 13.1 Å². The van der Waals surface area contributed by atoms with Crippen LogP contribution in [0.5, 0.6) is 0 Å². The molecule has 0 aliphatic heterocycles. The van der Waals surface area contributed by atoms with Gasteiger partial charge in [0.2, 0.25) is 0 Å². The monoisotopic (exact) mass is 290 g/mol. The van der Waals surface area contributed by atoms with Crippen LogP contribution < -0.4 is 5.32 Å². The third-order valence-electron chi connectivity index (χ3n) is 3.05. The molecule has 116 valence electrons. The van der Waals surface area contributed by atoms with Crippen LogP contribution >= 0.6 is 0 Å². The molecule has 0 aromatic heterocycles. The molecule has 5 nitrogen and oxygen atoms in total. The fraction of sp³-hybridized carbons (Fsp3) is 0.500. The first-order chi connectivity index (χ1) is 10.1. The fourth-order valence-corrected chi connectivity index (χ4v) is 1.80. The van der Waals surface area contributed by atoms with Gasteiger partial charge in [-0.15, -0.1) is 13.2 Å². The SMILES string of the molecule is C=CCN(CC=C)C(=O)/C(C#N)=C\NCCN(CC)CC. The summed E-state index contributed by atoms with van der Waals surface area (Å²) >= 11 is 0. The van der Waals surface area contributed by atoms with Gasteiger partial charge in [-0.25, -0.2) is 0 Å². The van der Waals surface area contributed by atoms with Crippen molar-refractivity contribution in [3.8, 4) is 6.07 Å². The van der Waals surface area contributed by atoms with Gasteiger partial charge in [0.05, 0.1) is 0 Å². The van der Waals surface area contributed by atoms with Gasteiger partial charge in [-0.3, -0.25) is 4.79 Å². The van der Waals surface area contributed by atoms with Crippen molar-refractivity contribution in [3.05, 3.63) is 37.1 Å². The predicted molar refractivity (Wildman–Crippen MR) is 86.5 cm³/mol. The zero-order valence-corrected chi connectivity index (χ0v) is 13.1. The molecule has 21 heavy (non-hydrogen) atoms. The Hall–Kier alpha value is -2.06. The highest BCUT2D eigenvalue weighted by atomic mass is 16.2. The van der Waals surface area contributed by atoms with E-state index in [2.05, 4.69) is 37.2 Å². The Morgan fingerprint density at radius 1 is 1.24 bits per heavy atom. The van der Waals surface area contributed by atoms with Crippen LogP contribution in [0.15, 0.2) is 37.1 Å². The van der Waals surface area contributed by atoms with Crippen molar-refractivity contribution in [1.82, 2.24) is 15.1 Å². The standard InChI is InChI=1S/C16H26N4O/c1-5-10-20(11-6-2)16(21)15(13-17)14-18-9-12-19(7-3)8-4/h5-6,14,18H,1-2,7-12H2,3-4H3/b15-14-. The van der Waals surface area contributed by atoms with Crippen molar-refractivity contribution in [2.24, 2.45) is 0 Å². The Balaban J connectivity index is 4.56. The molecule has 0 bridgehead atoms. The van der Waals surface area contributed by atoms with Gasteiger partial charge in [0.1, 0.15) is 11.6 Å². The van der Waals surface area contributed by atoms with Crippen LogP contribution in [-0.2, 0) is 4.79 Å². The van der Waals surface area contributed by atoms with E-state index in [0.717, 1.165) is 19.6 Å². The molecule has 0 rings (SSSR count). The van der Waals surface area contributed by atoms with E-state index in [0.29, 0.717) is 19.6 Å². The van der Waals surface area contributed by atoms with Crippen LogP contribution in [0, 0.1) is 11.3 Å². The minimum atomic E-state index is -0.312. The Morgan fingerprint density at radius 3 is 2.24 bits per heavy atom. The van der Waals surface area contributed by atoms with E-state index in [-0.39, 0.29) is 11.5 Å². The number of nitrogens with zero attached hydrogens (tertiary/aromatic N) is 3. The second-order valence-electron chi connectivity index (χ2n) is 4.44. The number of rotatable bonds is 11. The summed E-state index contributed by atoms with van der Waals surface area (Å²) in [5, 5.41) is 12.1. The number of nitriles is 1. The summed E-state index contributed by atoms with van der Waals surface area (Å²) in [5.41, 5.74) is 0.0956. The molecule has 0 radical (unpaired) electrons. The average Bonchev–Trinajstić information content (AvgIpc) is 2.50. The molecule has 0 saturated carbocycles. The molecule has 0 heterocycles. The van der Waals surface area contributed by atoms with Gasteiger partial charge in [0.25, 0.3) is 5.91 Å². The van der Waals surface area contributed by atoms with Crippen LogP contribution in [0.4, 0.5) is 0 Å². The lowest BCUT2D eigenvalue weighted by molar-refractivity contribution is -0.125. The smallest absolute Gasteiger partial charge is 0.266 e. The lowest BCUT2D eigenvalue weighted by Crippen LogP contribution is -2.33. The Kier molecular flexibility index (Phi) is 10.6. The molecule has 1 N–H and O–H groups in total. The largest absolute Gasteiger partial charge is 0.388 e. The lowest BCUT2D eigenvalue weighted by atomic mass is 10.2. The molecule has 5 heteroatoms. The molecule has 0 fully saturated rings. The van der Waals surface area contributed by atoms with E-state index < -0.39 is 0 Å². The first-order valence-corrected chi connectivity index (χ1v) is 7.21. The van der Waals surface area contributed by atoms with Gasteiger partial charge < -0.3 is 15.1 Å². The number of likely N-dealkylation sites (N-methyl/N-ethyl adjacent to an activating group) is 1. The van der Waals surface area contributed by atoms with Crippen LogP contribution in [0.1, 0.15) is 13.8 Å². The first kappa shape index (κ1) is 18.9. The molecule has 0 saturated heterocycles. The van der Waals surface area contributed by atoms with Crippen molar-refractivity contribution < 1.29 is 4.79 Å². The molecule has 1 amide bonds. The summed E-state index contributed by atoms with van der Waals surface area (Å²) in [6, 6.07) is 1.94. The number of carbonyl (C=O) groups excluding carboxylic acids is 1. The van der Waals surface area contributed by atoms with Crippen molar-refractivity contribution in [3.63, 3.8) is 0 Å². The summed E-state index contributed by atoms with van der Waals surface area (Å²) in [6.45, 7) is 15.8. The fourth-order valence-electron chi connectivity index (χ4n) is 1.80. The van der Waals surface area contributed by atoms with Gasteiger partial charge in [-0.1, -0.05) is 26.0 Å². The van der Waals surface area contributed by atoms with Crippen LogP contribution in [0.3, 0.4) is 0 Å². The number of hydrogen-bond donors (Lipinski definition) is 1. The number of amides is 1. The highest BCUT2D eigenvalue weighted by molar-refractivity contribution is 5.97. The normalized spacial score (nSPS) is 10.9. The van der Waals surface area contributed by atoms with E-state index in [9.17, 15) is 4.79 Å². The molecule has 0 atom stereocenters. The second-order valence-corrected chi connectivity index (χ2v) is 4.44. The van der Waals surface area contributed by atoms with Gasteiger partial charge in [0.15, 0.2) is 0 Å². The maximum Gasteiger partial charge on any atom is 0.266 e. The average molecular weight is 290 g/mol. The molecule has 0 aliphatic rings. The molecule has 0 aliphatic carbocycles. The second kappa shape index (κ2) is 11.7. The first-order valence-electron chi connectivity index (χ1n) is 7.21. The maximum absolute atomic E-state index is 12.2. The summed E-state index contributed by atoms with van der Waals surface area (Å²) in [7, 11) is 0. The molecule has 0 spiro atoms. The maximum atomic E-state index is 12.2. The van der Waals surface area contributed by atoms with Crippen molar-refractivity contribution >= 4 is 5.91 Å².